The predicted octanol–water partition coefficient (Wildman–Crippen LogP) is -1.60. The molecule has 1 aliphatic heterocycles. The molecule has 5 nitrogen and oxygen atoms in total. The van der Waals surface area contributed by atoms with Crippen LogP contribution in [0.1, 0.15) is 29.5 Å². The number of aliphatic carboxylic acids is 1. The average molecular weight is 360 g/mol. The number of rotatable bonds is 7. The Bertz CT molecular complexity index is 762. The normalized spacial score (nSPS) is 12.2. The summed E-state index contributed by atoms with van der Waals surface area (Å²) in [7, 11) is 0. The zero-order valence-electron chi connectivity index (χ0n) is 15.0. The molecule has 2 aromatic rings. The van der Waals surface area contributed by atoms with Gasteiger partial charge in [-0.05, 0) is 35.6 Å². The minimum atomic E-state index is -1.21. The minimum absolute atomic E-state index is 0. The van der Waals surface area contributed by atoms with Gasteiger partial charge in [-0.1, -0.05) is 42.5 Å². The second-order valence-corrected chi connectivity index (χ2v) is 6.27. The van der Waals surface area contributed by atoms with Crippen LogP contribution in [0, 0.1) is 0 Å². The molecule has 130 valence electrons. The molecule has 1 heterocycles. The van der Waals surface area contributed by atoms with Crippen molar-refractivity contribution >= 4 is 17.6 Å². The number of nitrogens with one attached hydrogen (secondary N) is 1. The van der Waals surface area contributed by atoms with Gasteiger partial charge in [0.25, 0.3) is 0 Å². The van der Waals surface area contributed by atoms with E-state index in [0.717, 1.165) is 25.1 Å². The number of para-hydroxylation sites is 1. The van der Waals surface area contributed by atoms with Gasteiger partial charge in [-0.15, -0.1) is 0 Å². The van der Waals surface area contributed by atoms with E-state index in [2.05, 4.69) is 46.6 Å². The first-order valence-corrected chi connectivity index (χ1v) is 8.49. The summed E-state index contributed by atoms with van der Waals surface area (Å²) in [6, 6.07) is 16.6. The Hall–Kier alpha value is -1.82. The molecule has 1 amide bonds. The largest absolute Gasteiger partial charge is 1.00 e. The zero-order valence-corrected chi connectivity index (χ0v) is 17.0. The first-order valence-electron chi connectivity index (χ1n) is 8.49. The summed E-state index contributed by atoms with van der Waals surface area (Å²) in [6.07, 6.45) is 0.795. The molecular weight excluding hydrogens is 339 g/mol. The molecule has 0 spiro atoms. The number of benzene rings is 2. The van der Waals surface area contributed by atoms with E-state index in [1.807, 2.05) is 12.1 Å². The van der Waals surface area contributed by atoms with Gasteiger partial charge >= 0.3 is 29.6 Å². The summed E-state index contributed by atoms with van der Waals surface area (Å²) in [5, 5.41) is 13.1. The molecule has 0 unspecified atom stereocenters. The fourth-order valence-electron chi connectivity index (χ4n) is 3.06. The first kappa shape index (κ1) is 20.5. The van der Waals surface area contributed by atoms with E-state index in [4.69, 9.17) is 0 Å². The van der Waals surface area contributed by atoms with Gasteiger partial charge in [-0.25, -0.2) is 0 Å². The van der Waals surface area contributed by atoms with Gasteiger partial charge in [0.1, 0.15) is 0 Å². The maximum atomic E-state index is 11.5. The number of hydrogen-bond acceptors (Lipinski definition) is 4. The predicted molar refractivity (Wildman–Crippen MR) is 93.7 cm³/mol. The van der Waals surface area contributed by atoms with Gasteiger partial charge in [-0.2, -0.15) is 0 Å². The summed E-state index contributed by atoms with van der Waals surface area (Å²) in [5.74, 6) is -1.48. The minimum Gasteiger partial charge on any atom is -0.550 e. The molecule has 1 aliphatic rings. The molecule has 3 rings (SSSR count). The topological polar surface area (TPSA) is 72.5 Å². The number of nitrogens with zero attached hydrogens (tertiary/aromatic N) is 1. The smallest absolute Gasteiger partial charge is 0.550 e. The maximum absolute atomic E-state index is 11.5. The Kier molecular flexibility index (Phi) is 7.69. The Morgan fingerprint density at radius 3 is 2.42 bits per heavy atom. The van der Waals surface area contributed by atoms with Crippen molar-refractivity contribution in [1.29, 1.82) is 0 Å². The summed E-state index contributed by atoms with van der Waals surface area (Å²) in [4.78, 5) is 24.2. The van der Waals surface area contributed by atoms with Crippen LogP contribution in [0.2, 0.25) is 0 Å². The van der Waals surface area contributed by atoms with Crippen molar-refractivity contribution in [2.75, 3.05) is 11.4 Å². The molecule has 0 fully saturated rings. The van der Waals surface area contributed by atoms with Crippen LogP contribution in [0.25, 0.3) is 0 Å². The molecule has 0 saturated carbocycles. The van der Waals surface area contributed by atoms with E-state index >= 15 is 0 Å². The van der Waals surface area contributed by atoms with Crippen LogP contribution in [-0.2, 0) is 29.1 Å². The summed E-state index contributed by atoms with van der Waals surface area (Å²) in [5.41, 5.74) is 4.93. The van der Waals surface area contributed by atoms with Crippen molar-refractivity contribution in [3.05, 3.63) is 65.2 Å². The number of carbonyl (C=O) groups is 2. The van der Waals surface area contributed by atoms with Crippen LogP contribution in [0.3, 0.4) is 0 Å². The number of fused-ring (bicyclic) bond motifs is 1. The Labute approximate surface area is 175 Å². The molecule has 0 aliphatic carbocycles. The molecule has 0 atom stereocenters. The molecule has 0 saturated heterocycles. The van der Waals surface area contributed by atoms with E-state index in [-0.39, 0.29) is 48.3 Å². The quantitative estimate of drug-likeness (QED) is 0.604. The number of carboxylic acid groups (broad SMARTS) is 1. The standard InChI is InChI=1S/C20H22N2O3.Na/c23-19(9-10-20(24)25)21-13-15-5-7-16(8-6-15)14-22-12-11-17-3-1-2-4-18(17)22;/h1-8H,9-14H2,(H,21,23)(H,24,25);/q;+1/p-1. The van der Waals surface area contributed by atoms with Crippen LogP contribution in [-0.4, -0.2) is 18.4 Å². The van der Waals surface area contributed by atoms with Crippen molar-refractivity contribution in [2.45, 2.75) is 32.4 Å². The van der Waals surface area contributed by atoms with Gasteiger partial charge in [-0.3, -0.25) is 4.79 Å². The van der Waals surface area contributed by atoms with Crippen molar-refractivity contribution < 1.29 is 44.3 Å². The van der Waals surface area contributed by atoms with Crippen LogP contribution in [0.15, 0.2) is 48.5 Å². The van der Waals surface area contributed by atoms with E-state index in [1.54, 1.807) is 0 Å². The summed E-state index contributed by atoms with van der Waals surface area (Å²) < 4.78 is 0. The Morgan fingerprint density at radius 1 is 1.00 bits per heavy atom. The van der Waals surface area contributed by atoms with E-state index < -0.39 is 5.97 Å². The molecule has 0 radical (unpaired) electrons. The second-order valence-electron chi connectivity index (χ2n) is 6.27. The van der Waals surface area contributed by atoms with Crippen molar-refractivity contribution in [3.8, 4) is 0 Å². The summed E-state index contributed by atoms with van der Waals surface area (Å²) >= 11 is 0. The van der Waals surface area contributed by atoms with E-state index in [9.17, 15) is 14.7 Å². The van der Waals surface area contributed by atoms with Gasteiger partial charge < -0.3 is 20.1 Å². The molecule has 2 aromatic carbocycles. The third-order valence-corrected chi connectivity index (χ3v) is 4.43. The fraction of sp³-hybridized carbons (Fsp3) is 0.300. The van der Waals surface area contributed by atoms with Crippen LogP contribution in [0.4, 0.5) is 5.69 Å². The zero-order chi connectivity index (χ0) is 17.6. The molecule has 26 heavy (non-hydrogen) atoms. The molecule has 1 N–H and O–H groups in total. The first-order chi connectivity index (χ1) is 12.1. The number of anilines is 1. The fourth-order valence-corrected chi connectivity index (χ4v) is 3.06. The van der Waals surface area contributed by atoms with E-state index in [1.165, 1.54) is 16.8 Å². The van der Waals surface area contributed by atoms with Crippen LogP contribution >= 0.6 is 0 Å². The number of carbonyl (C=O) groups excluding carboxylic acids is 2. The maximum Gasteiger partial charge on any atom is 1.00 e. The second kappa shape index (κ2) is 9.76. The molecule has 6 heteroatoms. The number of hydrogen-bond donors (Lipinski definition) is 1. The van der Waals surface area contributed by atoms with Crippen molar-refractivity contribution in [3.63, 3.8) is 0 Å². The van der Waals surface area contributed by atoms with Gasteiger partial charge in [0.15, 0.2) is 0 Å². The Balaban J connectivity index is 0.00000243. The third-order valence-electron chi connectivity index (χ3n) is 4.43. The van der Waals surface area contributed by atoms with Gasteiger partial charge in [0, 0.05) is 37.7 Å². The molecule has 0 aromatic heterocycles. The SMILES string of the molecule is O=C([O-])CCC(=O)NCc1ccc(CN2CCc3ccccc32)cc1.[Na+]. The van der Waals surface area contributed by atoms with Crippen LogP contribution in [0.5, 0.6) is 0 Å². The molecular formula is C20H21N2NaO3. The van der Waals surface area contributed by atoms with Crippen LogP contribution < -0.4 is 44.9 Å². The van der Waals surface area contributed by atoms with Gasteiger partial charge in [0.05, 0.1) is 0 Å². The average Bonchev–Trinajstić information content (AvgIpc) is 3.02. The van der Waals surface area contributed by atoms with Gasteiger partial charge in [0.2, 0.25) is 5.91 Å². The monoisotopic (exact) mass is 360 g/mol. The Morgan fingerprint density at radius 2 is 1.69 bits per heavy atom. The van der Waals surface area contributed by atoms with E-state index in [0.29, 0.717) is 6.54 Å². The number of amides is 1. The van der Waals surface area contributed by atoms with Crippen molar-refractivity contribution in [2.24, 2.45) is 0 Å². The van der Waals surface area contributed by atoms with Crippen molar-refractivity contribution in [1.82, 2.24) is 5.32 Å². The summed E-state index contributed by atoms with van der Waals surface area (Å²) in [6.45, 7) is 2.31. The number of carboxylic acids is 1. The molecule has 0 bridgehead atoms. The third kappa shape index (κ3) is 5.59.